The van der Waals surface area contributed by atoms with Crippen molar-refractivity contribution in [2.75, 3.05) is 10.2 Å². The summed E-state index contributed by atoms with van der Waals surface area (Å²) in [6, 6.07) is 155. The summed E-state index contributed by atoms with van der Waals surface area (Å²) >= 11 is 3.25. The van der Waals surface area contributed by atoms with Gasteiger partial charge in [-0.1, -0.05) is 344 Å². The predicted octanol–water partition coefficient (Wildman–Crippen LogP) is 30.6. The fourth-order valence-corrected chi connectivity index (χ4v) is 17.9. The molecule has 20 aromatic carbocycles. The Bertz CT molecular complexity index is 7500. The van der Waals surface area contributed by atoms with E-state index >= 15 is 0 Å². The second-order valence-electron chi connectivity index (χ2n) is 29.4. The first-order valence-electron chi connectivity index (χ1n) is 39.3. The molecule has 0 fully saturated rings. The summed E-state index contributed by atoms with van der Waals surface area (Å²) in [4.78, 5) is 2.34. The van der Waals surface area contributed by atoms with E-state index in [9.17, 15) is 5.26 Å². The summed E-state index contributed by atoms with van der Waals surface area (Å²) < 4.78 is 5.68. The fourth-order valence-electron chi connectivity index (χ4n) is 17.5. The van der Waals surface area contributed by atoms with Gasteiger partial charge in [-0.05, 0) is 185 Å². The van der Waals surface area contributed by atoms with Gasteiger partial charge in [0.15, 0.2) is 0 Å². The molecule has 6 nitrogen and oxygen atoms in total. The highest BCUT2D eigenvalue weighted by atomic mass is 79.9. The molecule has 548 valence electrons. The van der Waals surface area contributed by atoms with Gasteiger partial charge in [0, 0.05) is 76.0 Å². The standard InChI is InChI=1S/C55H35N3.C48H32N2.C7H4BrN/c56-36-37-14-11-17-41(34-37)57(42-18-13-19-43(35-42)58-52-28-9-7-21-46(52)47-22-8-10-29-53(47)58)55-50-25-5-3-23-48(50)54(49-24-4-6-26-51(49)55)40-32-30-39(31-33-40)45-27-12-16-38-15-1-2-20-44(38)45;1-2-17-37-32(13-1)14-11-24-38(37)33-27-29-34(30-28-33)47-41-20-3-5-22-43(41)48(44-23-6-4-21-42(44)47)49-35-15-12-16-36(31-35)50-45-25-9-7-18-39(45)40-19-8-10-26-46(40)50;8-7-3-1-2-6(4-7)5-9/h1-35H;1-31,49H;1-4H. The van der Waals surface area contributed by atoms with Crippen molar-refractivity contribution in [3.8, 4) is 68.0 Å². The zero-order valence-electron chi connectivity index (χ0n) is 63.5. The van der Waals surface area contributed by atoms with E-state index in [-0.39, 0.29) is 0 Å². The Balaban J connectivity index is 0.000000137. The van der Waals surface area contributed by atoms with Crippen LogP contribution in [-0.2, 0) is 0 Å². The normalized spacial score (nSPS) is 11.3. The number of nitrogens with one attached hydrogen (secondary N) is 1. The molecular weight excluding hydrogens is 1490 g/mol. The number of hydrogen-bond acceptors (Lipinski definition) is 4. The van der Waals surface area contributed by atoms with Crippen LogP contribution in [-0.4, -0.2) is 9.13 Å². The van der Waals surface area contributed by atoms with Gasteiger partial charge in [0.25, 0.3) is 0 Å². The maximum atomic E-state index is 10.1. The van der Waals surface area contributed by atoms with Gasteiger partial charge in [-0.2, -0.15) is 10.5 Å². The van der Waals surface area contributed by atoms with Gasteiger partial charge in [-0.3, -0.25) is 0 Å². The molecule has 0 spiro atoms. The Morgan fingerprint density at radius 3 is 1.02 bits per heavy atom. The predicted molar refractivity (Wildman–Crippen MR) is 496 cm³/mol. The fraction of sp³-hybridized carbons (Fsp3) is 0. The number of benzene rings is 20. The molecule has 0 aliphatic rings. The average Bonchev–Trinajstić information content (AvgIpc) is 1.43. The highest BCUT2D eigenvalue weighted by Crippen LogP contribution is 2.50. The SMILES string of the molecule is N#Cc1cccc(Br)c1.N#Cc1cccc(N(c2cccc(-n3c4ccccc4c4ccccc43)c2)c2c3ccccc3c(-c3ccc(-c4cccc5ccccc45)cc3)c3ccccc23)c1.c1cc(Nc2c3ccccc3c(-c3ccc(-c4cccc5ccccc45)cc3)c3ccccc23)cc(-n2c3ccccc3c3ccccc32)c1. The molecule has 22 aromatic rings. The minimum atomic E-state index is 0.609. The first-order chi connectivity index (χ1) is 57.9. The Morgan fingerprint density at radius 2 is 0.581 bits per heavy atom. The van der Waals surface area contributed by atoms with Gasteiger partial charge >= 0.3 is 0 Å². The Kier molecular flexibility index (Phi) is 18.5. The van der Waals surface area contributed by atoms with E-state index in [0.717, 1.165) is 82.4 Å². The van der Waals surface area contributed by atoms with Crippen molar-refractivity contribution in [3.63, 3.8) is 0 Å². The number of para-hydroxylation sites is 4. The number of nitrogens with zero attached hydrogens (tertiary/aromatic N) is 5. The second-order valence-corrected chi connectivity index (χ2v) is 30.3. The maximum absolute atomic E-state index is 10.1. The van der Waals surface area contributed by atoms with Gasteiger partial charge in [0.2, 0.25) is 0 Å². The van der Waals surface area contributed by atoms with E-state index in [1.54, 1.807) is 12.1 Å². The lowest BCUT2D eigenvalue weighted by atomic mass is 9.89. The first kappa shape index (κ1) is 70.7. The van der Waals surface area contributed by atoms with Crippen molar-refractivity contribution in [2.45, 2.75) is 0 Å². The maximum Gasteiger partial charge on any atom is 0.0992 e. The van der Waals surface area contributed by atoms with Gasteiger partial charge in [0.1, 0.15) is 0 Å². The number of aromatic nitrogens is 2. The molecule has 0 saturated carbocycles. The highest BCUT2D eigenvalue weighted by molar-refractivity contribution is 9.10. The molecule has 7 heteroatoms. The number of nitriles is 2. The Hall–Kier alpha value is -15.4. The van der Waals surface area contributed by atoms with E-state index in [4.69, 9.17) is 5.26 Å². The minimum absolute atomic E-state index is 0.609. The number of rotatable bonds is 11. The van der Waals surface area contributed by atoms with Gasteiger partial charge < -0.3 is 19.4 Å². The molecule has 0 radical (unpaired) electrons. The van der Waals surface area contributed by atoms with E-state index < -0.39 is 0 Å². The zero-order chi connectivity index (χ0) is 78.3. The van der Waals surface area contributed by atoms with Crippen molar-refractivity contribution in [2.24, 2.45) is 0 Å². The molecule has 0 saturated heterocycles. The second kappa shape index (κ2) is 30.6. The quantitative estimate of drug-likeness (QED) is 0.131. The van der Waals surface area contributed by atoms with E-state index in [1.165, 1.54) is 115 Å². The number of anilines is 5. The topological polar surface area (TPSA) is 72.7 Å². The molecular formula is C110H71BrN6. The summed E-state index contributed by atoms with van der Waals surface area (Å²) in [6.45, 7) is 0. The Morgan fingerprint density at radius 1 is 0.256 bits per heavy atom. The van der Waals surface area contributed by atoms with Crippen LogP contribution >= 0.6 is 15.9 Å². The third-order valence-corrected chi connectivity index (χ3v) is 23.2. The van der Waals surface area contributed by atoms with Gasteiger partial charge in [-0.15, -0.1) is 0 Å². The minimum Gasteiger partial charge on any atom is -0.354 e. The largest absolute Gasteiger partial charge is 0.354 e. The van der Waals surface area contributed by atoms with Crippen LogP contribution in [0.15, 0.2) is 429 Å². The lowest BCUT2D eigenvalue weighted by molar-refractivity contribution is 1.17. The third-order valence-electron chi connectivity index (χ3n) is 22.7. The van der Waals surface area contributed by atoms with E-state index in [0.29, 0.717) is 11.1 Å². The van der Waals surface area contributed by atoms with Crippen LogP contribution in [0.25, 0.3) is 164 Å². The van der Waals surface area contributed by atoms with Crippen molar-refractivity contribution in [3.05, 3.63) is 440 Å². The van der Waals surface area contributed by atoms with Crippen LogP contribution in [0.4, 0.5) is 28.4 Å². The highest BCUT2D eigenvalue weighted by Gasteiger charge is 2.25. The average molecular weight is 1560 g/mol. The molecule has 2 heterocycles. The third kappa shape index (κ3) is 13.0. The monoisotopic (exact) mass is 1550 g/mol. The molecule has 0 bridgehead atoms. The van der Waals surface area contributed by atoms with Gasteiger partial charge in [-0.25, -0.2) is 0 Å². The molecule has 0 amide bonds. The van der Waals surface area contributed by atoms with Crippen molar-refractivity contribution in [1.29, 1.82) is 10.5 Å². The lowest BCUT2D eigenvalue weighted by Crippen LogP contribution is -2.12. The van der Waals surface area contributed by atoms with Crippen LogP contribution < -0.4 is 10.2 Å². The summed E-state index contributed by atoms with van der Waals surface area (Å²) in [7, 11) is 0. The number of hydrogen-bond donors (Lipinski definition) is 1. The first-order valence-corrected chi connectivity index (χ1v) is 40.1. The van der Waals surface area contributed by atoms with Crippen molar-refractivity contribution in [1.82, 2.24) is 9.13 Å². The van der Waals surface area contributed by atoms with E-state index in [1.807, 2.05) is 36.4 Å². The van der Waals surface area contributed by atoms with Crippen molar-refractivity contribution >= 4 is 153 Å². The number of halogens is 1. The summed E-state index contributed by atoms with van der Waals surface area (Å²) in [5.41, 5.74) is 23.1. The summed E-state index contributed by atoms with van der Waals surface area (Å²) in [5, 5.41) is 41.8. The molecule has 1 N–H and O–H groups in total. The molecule has 117 heavy (non-hydrogen) atoms. The van der Waals surface area contributed by atoms with Crippen LogP contribution in [0.3, 0.4) is 0 Å². The lowest BCUT2D eigenvalue weighted by Gasteiger charge is -2.30. The van der Waals surface area contributed by atoms with Crippen LogP contribution in [0, 0.1) is 22.7 Å². The molecule has 0 aliphatic heterocycles. The van der Waals surface area contributed by atoms with Crippen LogP contribution in [0.5, 0.6) is 0 Å². The Labute approximate surface area is 685 Å². The summed E-state index contributed by atoms with van der Waals surface area (Å²) in [5.74, 6) is 0. The van der Waals surface area contributed by atoms with Gasteiger partial charge in [0.05, 0.1) is 56.7 Å². The molecule has 0 unspecified atom stereocenters. The molecule has 0 aliphatic carbocycles. The molecule has 2 aromatic heterocycles. The zero-order valence-corrected chi connectivity index (χ0v) is 65.1. The van der Waals surface area contributed by atoms with Crippen molar-refractivity contribution < 1.29 is 0 Å². The van der Waals surface area contributed by atoms with Crippen LogP contribution in [0.1, 0.15) is 11.1 Å². The molecule has 22 rings (SSSR count). The van der Waals surface area contributed by atoms with Crippen LogP contribution in [0.2, 0.25) is 0 Å². The van der Waals surface area contributed by atoms with E-state index in [2.05, 4.69) is 424 Å². The summed E-state index contributed by atoms with van der Waals surface area (Å²) in [6.07, 6.45) is 0. The molecule has 0 atom stereocenters. The number of fused-ring (bicyclic) bond motifs is 12. The smallest absolute Gasteiger partial charge is 0.0992 e.